The summed E-state index contributed by atoms with van der Waals surface area (Å²) < 4.78 is 5.43. The Morgan fingerprint density at radius 2 is 1.79 bits per heavy atom. The average Bonchev–Trinajstić information content (AvgIpc) is 3.17. The molecule has 3 aromatic carbocycles. The highest BCUT2D eigenvalue weighted by molar-refractivity contribution is 6.06. The van der Waals surface area contributed by atoms with Gasteiger partial charge in [-0.05, 0) is 47.9 Å². The van der Waals surface area contributed by atoms with Crippen molar-refractivity contribution in [2.75, 3.05) is 5.32 Å². The molecular weight excluding hydrogens is 366 g/mol. The SMILES string of the molecule is Cc1nnc(-c2cccc(NC(=O)c3cc(Cc4ccccc4)ccc3O)c2)o1. The Balaban J connectivity index is 1.55. The standard InChI is InChI=1S/C23H19N3O3/c1-15-25-26-23(29-15)18-8-5-9-19(14-18)24-22(28)20-13-17(10-11-21(20)27)12-16-6-3-2-4-7-16/h2-11,13-14,27H,12H2,1H3,(H,24,28). The van der Waals surface area contributed by atoms with E-state index in [-0.39, 0.29) is 11.3 Å². The van der Waals surface area contributed by atoms with Crippen LogP contribution in [0, 0.1) is 6.92 Å². The highest BCUT2D eigenvalue weighted by atomic mass is 16.4. The zero-order chi connectivity index (χ0) is 20.2. The van der Waals surface area contributed by atoms with Gasteiger partial charge < -0.3 is 14.8 Å². The van der Waals surface area contributed by atoms with Gasteiger partial charge in [0.05, 0.1) is 5.56 Å². The molecule has 29 heavy (non-hydrogen) atoms. The van der Waals surface area contributed by atoms with E-state index in [2.05, 4.69) is 15.5 Å². The molecule has 1 heterocycles. The highest BCUT2D eigenvalue weighted by Crippen LogP contribution is 2.24. The second-order valence-corrected chi connectivity index (χ2v) is 6.68. The fourth-order valence-electron chi connectivity index (χ4n) is 3.05. The molecule has 2 N–H and O–H groups in total. The smallest absolute Gasteiger partial charge is 0.259 e. The predicted octanol–water partition coefficient (Wildman–Crippen LogP) is 4.59. The van der Waals surface area contributed by atoms with Crippen molar-refractivity contribution in [3.8, 4) is 17.2 Å². The van der Waals surface area contributed by atoms with E-state index in [9.17, 15) is 9.90 Å². The molecule has 0 spiro atoms. The van der Waals surface area contributed by atoms with Gasteiger partial charge in [-0.15, -0.1) is 10.2 Å². The number of phenolic OH excluding ortho intramolecular Hbond substituents is 1. The minimum Gasteiger partial charge on any atom is -0.507 e. The minimum absolute atomic E-state index is 0.0667. The lowest BCUT2D eigenvalue weighted by molar-refractivity contribution is 0.102. The molecule has 4 aromatic rings. The van der Waals surface area contributed by atoms with Crippen molar-refractivity contribution in [3.63, 3.8) is 0 Å². The van der Waals surface area contributed by atoms with Gasteiger partial charge in [0.15, 0.2) is 0 Å². The molecule has 0 aliphatic heterocycles. The summed E-state index contributed by atoms with van der Waals surface area (Å²) in [6.07, 6.45) is 0.674. The van der Waals surface area contributed by atoms with Crippen LogP contribution in [0.2, 0.25) is 0 Å². The van der Waals surface area contributed by atoms with E-state index in [0.29, 0.717) is 29.5 Å². The first-order valence-electron chi connectivity index (χ1n) is 9.16. The lowest BCUT2D eigenvalue weighted by atomic mass is 10.0. The molecule has 0 saturated heterocycles. The number of nitrogens with one attached hydrogen (secondary N) is 1. The Labute approximate surface area is 167 Å². The number of carbonyl (C=O) groups excluding carboxylic acids is 1. The maximum Gasteiger partial charge on any atom is 0.259 e. The summed E-state index contributed by atoms with van der Waals surface area (Å²) in [5.74, 6) is 0.389. The van der Waals surface area contributed by atoms with Crippen LogP contribution < -0.4 is 5.32 Å². The van der Waals surface area contributed by atoms with Crippen LogP contribution in [0.3, 0.4) is 0 Å². The highest BCUT2D eigenvalue weighted by Gasteiger charge is 2.14. The Morgan fingerprint density at radius 1 is 0.966 bits per heavy atom. The van der Waals surface area contributed by atoms with E-state index in [0.717, 1.165) is 11.1 Å². The lowest BCUT2D eigenvalue weighted by Gasteiger charge is -2.10. The van der Waals surface area contributed by atoms with Crippen LogP contribution in [0.1, 0.15) is 27.4 Å². The van der Waals surface area contributed by atoms with Gasteiger partial charge in [0, 0.05) is 18.2 Å². The summed E-state index contributed by atoms with van der Waals surface area (Å²) in [6, 6.07) is 22.1. The molecule has 4 rings (SSSR count). The van der Waals surface area contributed by atoms with Gasteiger partial charge in [-0.3, -0.25) is 4.79 Å². The third-order valence-corrected chi connectivity index (χ3v) is 4.45. The minimum atomic E-state index is -0.392. The van der Waals surface area contributed by atoms with Crippen LogP contribution in [-0.2, 0) is 6.42 Å². The zero-order valence-corrected chi connectivity index (χ0v) is 15.8. The number of anilines is 1. The number of hydrogen-bond acceptors (Lipinski definition) is 5. The molecule has 0 saturated carbocycles. The molecule has 0 aliphatic carbocycles. The molecule has 0 aliphatic rings. The van der Waals surface area contributed by atoms with Crippen LogP contribution in [0.25, 0.3) is 11.5 Å². The summed E-state index contributed by atoms with van der Waals surface area (Å²) in [4.78, 5) is 12.8. The van der Waals surface area contributed by atoms with Crippen LogP contribution in [-0.4, -0.2) is 21.2 Å². The van der Waals surface area contributed by atoms with E-state index >= 15 is 0 Å². The number of hydrogen-bond donors (Lipinski definition) is 2. The van der Waals surface area contributed by atoms with Crippen molar-refractivity contribution >= 4 is 11.6 Å². The summed E-state index contributed by atoms with van der Waals surface area (Å²) in [7, 11) is 0. The maximum absolute atomic E-state index is 12.8. The molecule has 0 unspecified atom stereocenters. The third-order valence-electron chi connectivity index (χ3n) is 4.45. The summed E-state index contributed by atoms with van der Waals surface area (Å²) in [5, 5.41) is 20.8. The van der Waals surface area contributed by atoms with Crippen molar-refractivity contribution < 1.29 is 14.3 Å². The van der Waals surface area contributed by atoms with E-state index < -0.39 is 5.91 Å². The number of rotatable bonds is 5. The number of benzene rings is 3. The molecule has 6 heteroatoms. The normalized spacial score (nSPS) is 10.7. The number of aryl methyl sites for hydroxylation is 1. The van der Waals surface area contributed by atoms with Crippen molar-refractivity contribution in [3.05, 3.63) is 95.4 Å². The van der Waals surface area contributed by atoms with E-state index in [1.54, 1.807) is 37.3 Å². The summed E-state index contributed by atoms with van der Waals surface area (Å²) in [6.45, 7) is 1.72. The first kappa shape index (κ1) is 18.4. The van der Waals surface area contributed by atoms with Crippen LogP contribution >= 0.6 is 0 Å². The first-order valence-corrected chi connectivity index (χ1v) is 9.16. The van der Waals surface area contributed by atoms with Gasteiger partial charge in [0.25, 0.3) is 5.91 Å². The number of phenols is 1. The number of aromatic nitrogens is 2. The fourth-order valence-corrected chi connectivity index (χ4v) is 3.05. The molecule has 0 atom stereocenters. The van der Waals surface area contributed by atoms with Crippen LogP contribution in [0.15, 0.2) is 77.2 Å². The summed E-state index contributed by atoms with van der Waals surface area (Å²) in [5.41, 5.74) is 3.56. The number of nitrogens with zero attached hydrogens (tertiary/aromatic N) is 2. The second kappa shape index (κ2) is 7.98. The zero-order valence-electron chi connectivity index (χ0n) is 15.8. The van der Waals surface area contributed by atoms with E-state index in [1.807, 2.05) is 42.5 Å². The van der Waals surface area contributed by atoms with Crippen molar-refractivity contribution in [1.29, 1.82) is 0 Å². The van der Waals surface area contributed by atoms with Gasteiger partial charge in [-0.25, -0.2) is 0 Å². The number of aromatic hydroxyl groups is 1. The second-order valence-electron chi connectivity index (χ2n) is 6.68. The van der Waals surface area contributed by atoms with Gasteiger partial charge >= 0.3 is 0 Å². The van der Waals surface area contributed by atoms with Gasteiger partial charge in [-0.1, -0.05) is 42.5 Å². The molecule has 0 fully saturated rings. The Hall–Kier alpha value is -3.93. The largest absolute Gasteiger partial charge is 0.507 e. The maximum atomic E-state index is 12.8. The van der Waals surface area contributed by atoms with E-state index in [4.69, 9.17) is 4.42 Å². The topological polar surface area (TPSA) is 88.2 Å². The predicted molar refractivity (Wildman–Crippen MR) is 110 cm³/mol. The number of carbonyl (C=O) groups is 1. The van der Waals surface area contributed by atoms with Gasteiger partial charge in [0.2, 0.25) is 11.8 Å². The van der Waals surface area contributed by atoms with Crippen LogP contribution in [0.5, 0.6) is 5.75 Å². The Bertz CT molecular complexity index is 1150. The fraction of sp³-hybridized carbons (Fsp3) is 0.0870. The molecular formula is C23H19N3O3. The molecule has 0 radical (unpaired) electrons. The van der Waals surface area contributed by atoms with Crippen molar-refractivity contribution in [2.24, 2.45) is 0 Å². The molecule has 0 bridgehead atoms. The third kappa shape index (κ3) is 4.32. The van der Waals surface area contributed by atoms with Crippen LogP contribution in [0.4, 0.5) is 5.69 Å². The Kier molecular flexibility index (Phi) is 5.07. The molecule has 6 nitrogen and oxygen atoms in total. The molecule has 1 amide bonds. The Morgan fingerprint density at radius 3 is 2.55 bits per heavy atom. The lowest BCUT2D eigenvalue weighted by Crippen LogP contribution is -2.12. The summed E-state index contributed by atoms with van der Waals surface area (Å²) >= 11 is 0. The van der Waals surface area contributed by atoms with Gasteiger partial charge in [0.1, 0.15) is 5.75 Å². The van der Waals surface area contributed by atoms with E-state index in [1.165, 1.54) is 0 Å². The van der Waals surface area contributed by atoms with Gasteiger partial charge in [-0.2, -0.15) is 0 Å². The van der Waals surface area contributed by atoms with Crippen molar-refractivity contribution in [1.82, 2.24) is 10.2 Å². The number of amides is 1. The average molecular weight is 385 g/mol. The monoisotopic (exact) mass is 385 g/mol. The molecule has 1 aromatic heterocycles. The first-order chi connectivity index (χ1) is 14.1. The van der Waals surface area contributed by atoms with Crippen molar-refractivity contribution in [2.45, 2.75) is 13.3 Å². The quantitative estimate of drug-likeness (QED) is 0.524. The molecule has 144 valence electrons.